The Morgan fingerprint density at radius 2 is 2.10 bits per heavy atom. The molecule has 0 fully saturated rings. The molecule has 0 aliphatic carbocycles. The van der Waals surface area contributed by atoms with Gasteiger partial charge in [0.25, 0.3) is 0 Å². The fourth-order valence-electron chi connectivity index (χ4n) is 1.30. The summed E-state index contributed by atoms with van der Waals surface area (Å²) in [6.45, 7) is 3.44. The second-order valence-corrected chi connectivity index (χ2v) is 5.07. The molecule has 20 heavy (non-hydrogen) atoms. The molecule has 0 radical (unpaired) electrons. The highest BCUT2D eigenvalue weighted by molar-refractivity contribution is 9.10. The number of hydrogen-bond donors (Lipinski definition) is 0. The van der Waals surface area contributed by atoms with Crippen molar-refractivity contribution in [2.24, 2.45) is 5.92 Å². The molecule has 0 heterocycles. The lowest BCUT2D eigenvalue weighted by molar-refractivity contribution is -0.400. The monoisotopic (exact) mass is 343 g/mol. The zero-order valence-corrected chi connectivity index (χ0v) is 12.8. The molecule has 0 atom stereocenters. The molecule has 108 valence electrons. The fraction of sp³-hybridized carbons (Fsp3) is 0.308. The van der Waals surface area contributed by atoms with Crippen LogP contribution >= 0.6 is 15.9 Å². The summed E-state index contributed by atoms with van der Waals surface area (Å²) in [6.07, 6.45) is 2.14. The Hall–Kier alpha value is -1.89. The van der Waals surface area contributed by atoms with E-state index in [-0.39, 0.29) is 11.7 Å². The molecule has 0 N–H and O–H groups in total. The van der Waals surface area contributed by atoms with Crippen molar-refractivity contribution in [3.05, 3.63) is 38.5 Å². The quantitative estimate of drug-likeness (QED) is 0.355. The van der Waals surface area contributed by atoms with Crippen LogP contribution in [0.4, 0.5) is 0 Å². The fourth-order valence-corrected chi connectivity index (χ4v) is 1.84. The number of nitro groups is 1. The summed E-state index contributed by atoms with van der Waals surface area (Å²) < 4.78 is 10.9. The number of ether oxygens (including phenoxy) is 2. The Kier molecular flexibility index (Phi) is 5.69. The van der Waals surface area contributed by atoms with E-state index < -0.39 is 10.9 Å². The summed E-state index contributed by atoms with van der Waals surface area (Å²) in [5, 5.41) is 10.3. The van der Waals surface area contributed by atoms with E-state index in [9.17, 15) is 14.9 Å². The second-order valence-electron chi connectivity index (χ2n) is 4.21. The van der Waals surface area contributed by atoms with Gasteiger partial charge >= 0.3 is 5.97 Å². The Balaban J connectivity index is 3.14. The first-order valence-corrected chi connectivity index (χ1v) is 6.55. The normalized spacial score (nSPS) is 10.8. The summed E-state index contributed by atoms with van der Waals surface area (Å²) in [4.78, 5) is 21.4. The molecule has 0 spiro atoms. The molecule has 1 aromatic carbocycles. The van der Waals surface area contributed by atoms with Crippen LogP contribution in [0.15, 0.2) is 22.8 Å². The van der Waals surface area contributed by atoms with Crippen molar-refractivity contribution in [1.82, 2.24) is 0 Å². The number of carbonyl (C=O) groups is 1. The molecule has 1 rings (SSSR count). The highest BCUT2D eigenvalue weighted by atomic mass is 79.9. The number of hydrogen-bond acceptors (Lipinski definition) is 5. The third kappa shape index (κ3) is 4.34. The molecule has 0 saturated carbocycles. The smallest absolute Gasteiger partial charge is 0.313 e. The zero-order chi connectivity index (χ0) is 15.3. The van der Waals surface area contributed by atoms with E-state index in [4.69, 9.17) is 9.47 Å². The Morgan fingerprint density at radius 1 is 1.45 bits per heavy atom. The van der Waals surface area contributed by atoms with Gasteiger partial charge in [0.2, 0.25) is 6.20 Å². The van der Waals surface area contributed by atoms with E-state index in [1.807, 2.05) is 0 Å². The molecule has 0 unspecified atom stereocenters. The third-order valence-electron chi connectivity index (χ3n) is 2.31. The van der Waals surface area contributed by atoms with Crippen LogP contribution in [0, 0.1) is 16.0 Å². The van der Waals surface area contributed by atoms with Crippen molar-refractivity contribution >= 4 is 28.0 Å². The van der Waals surface area contributed by atoms with Gasteiger partial charge in [0, 0.05) is 6.08 Å². The molecular formula is C13H14BrNO5. The van der Waals surface area contributed by atoms with Crippen LogP contribution in [-0.4, -0.2) is 18.0 Å². The third-order valence-corrected chi connectivity index (χ3v) is 2.90. The minimum atomic E-state index is -0.562. The van der Waals surface area contributed by atoms with Crippen molar-refractivity contribution in [1.29, 1.82) is 0 Å². The highest BCUT2D eigenvalue weighted by Crippen LogP contribution is 2.37. The largest absolute Gasteiger partial charge is 0.493 e. The molecule has 0 aliphatic heterocycles. The minimum absolute atomic E-state index is 0.254. The predicted molar refractivity (Wildman–Crippen MR) is 77.2 cm³/mol. The van der Waals surface area contributed by atoms with Gasteiger partial charge < -0.3 is 9.47 Å². The molecule has 6 nitrogen and oxygen atoms in total. The van der Waals surface area contributed by atoms with Crippen molar-refractivity contribution < 1.29 is 19.2 Å². The number of nitrogens with zero attached hydrogens (tertiary/aromatic N) is 1. The van der Waals surface area contributed by atoms with Crippen molar-refractivity contribution in [2.75, 3.05) is 7.11 Å². The van der Waals surface area contributed by atoms with Gasteiger partial charge in [-0.15, -0.1) is 0 Å². The summed E-state index contributed by atoms with van der Waals surface area (Å²) in [6, 6.07) is 3.15. The lowest BCUT2D eigenvalue weighted by Gasteiger charge is -2.13. The Labute approximate surface area is 124 Å². The highest BCUT2D eigenvalue weighted by Gasteiger charge is 2.17. The summed E-state index contributed by atoms with van der Waals surface area (Å²) >= 11 is 3.26. The van der Waals surface area contributed by atoms with E-state index in [0.717, 1.165) is 6.20 Å². The average molecular weight is 344 g/mol. The van der Waals surface area contributed by atoms with Gasteiger partial charge in [-0.1, -0.05) is 13.8 Å². The van der Waals surface area contributed by atoms with Crippen LogP contribution in [0.25, 0.3) is 6.08 Å². The van der Waals surface area contributed by atoms with E-state index in [1.165, 1.54) is 13.2 Å². The van der Waals surface area contributed by atoms with Gasteiger partial charge in [0.05, 0.1) is 22.4 Å². The molecule has 0 saturated heterocycles. The number of benzene rings is 1. The molecule has 0 aliphatic rings. The van der Waals surface area contributed by atoms with Crippen LogP contribution < -0.4 is 9.47 Å². The van der Waals surface area contributed by atoms with Gasteiger partial charge in [0.1, 0.15) is 0 Å². The van der Waals surface area contributed by atoms with Gasteiger partial charge in [0.15, 0.2) is 11.5 Å². The lowest BCUT2D eigenvalue weighted by Crippen LogP contribution is -2.15. The van der Waals surface area contributed by atoms with Crippen LogP contribution in [-0.2, 0) is 4.79 Å². The minimum Gasteiger partial charge on any atom is -0.493 e. The average Bonchev–Trinajstić information content (AvgIpc) is 2.38. The van der Waals surface area contributed by atoms with E-state index in [1.54, 1.807) is 26.0 Å². The van der Waals surface area contributed by atoms with E-state index >= 15 is 0 Å². The first kappa shape index (κ1) is 16.2. The number of methoxy groups -OCH3 is 1. The van der Waals surface area contributed by atoms with Crippen molar-refractivity contribution in [2.45, 2.75) is 13.8 Å². The molecule has 0 aromatic heterocycles. The topological polar surface area (TPSA) is 78.7 Å². The van der Waals surface area contributed by atoms with Gasteiger partial charge in [-0.3, -0.25) is 14.9 Å². The SMILES string of the molecule is COc1cc(C=C[N+](=O)[O-])cc(Br)c1OC(=O)C(C)C. The number of rotatable bonds is 5. The Morgan fingerprint density at radius 3 is 2.60 bits per heavy atom. The first-order valence-electron chi connectivity index (χ1n) is 5.76. The van der Waals surface area contributed by atoms with Crippen LogP contribution in [0.5, 0.6) is 11.5 Å². The molecular weight excluding hydrogens is 330 g/mol. The summed E-state index contributed by atoms with van der Waals surface area (Å²) in [5.74, 6) is -0.0981. The van der Waals surface area contributed by atoms with Crippen molar-refractivity contribution in [3.8, 4) is 11.5 Å². The standard InChI is InChI=1S/C13H14BrNO5/c1-8(2)13(16)20-12-10(14)6-9(4-5-15(17)18)7-11(12)19-3/h4-8H,1-3H3. The predicted octanol–water partition coefficient (Wildman–Crippen LogP) is 3.27. The summed E-state index contributed by atoms with van der Waals surface area (Å²) in [7, 11) is 1.43. The Bertz CT molecular complexity index is 554. The maximum Gasteiger partial charge on any atom is 0.313 e. The van der Waals surface area contributed by atoms with E-state index in [0.29, 0.717) is 15.8 Å². The second kappa shape index (κ2) is 7.04. The van der Waals surface area contributed by atoms with Crippen molar-refractivity contribution in [3.63, 3.8) is 0 Å². The van der Waals surface area contributed by atoms with Crippen LogP contribution in [0.2, 0.25) is 0 Å². The van der Waals surface area contributed by atoms with Gasteiger partial charge in [-0.2, -0.15) is 0 Å². The zero-order valence-electron chi connectivity index (χ0n) is 11.3. The van der Waals surface area contributed by atoms with Crippen LogP contribution in [0.3, 0.4) is 0 Å². The van der Waals surface area contributed by atoms with E-state index in [2.05, 4.69) is 15.9 Å². The van der Waals surface area contributed by atoms with Crippen LogP contribution in [0.1, 0.15) is 19.4 Å². The molecule has 7 heteroatoms. The van der Waals surface area contributed by atoms with Gasteiger partial charge in [-0.25, -0.2) is 0 Å². The number of esters is 1. The first-order chi connectivity index (χ1) is 9.35. The number of halogens is 1. The lowest BCUT2D eigenvalue weighted by atomic mass is 10.2. The molecule has 0 bridgehead atoms. The number of carbonyl (C=O) groups excluding carboxylic acids is 1. The maximum atomic E-state index is 11.6. The summed E-state index contributed by atoms with van der Waals surface area (Å²) in [5.41, 5.74) is 0.551. The maximum absolute atomic E-state index is 11.6. The van der Waals surface area contributed by atoms with Gasteiger partial charge in [-0.05, 0) is 33.6 Å². The molecule has 0 amide bonds. The molecule has 1 aromatic rings.